The fourth-order valence-corrected chi connectivity index (χ4v) is 6.85. The molecule has 0 aromatic carbocycles. The first kappa shape index (κ1) is 24.5. The van der Waals surface area contributed by atoms with E-state index in [4.69, 9.17) is 9.47 Å². The lowest BCUT2D eigenvalue weighted by Gasteiger charge is -2.62. The van der Waals surface area contributed by atoms with E-state index in [-0.39, 0.29) is 31.3 Å². The number of hydrogen-bond donors (Lipinski definition) is 4. The van der Waals surface area contributed by atoms with E-state index >= 15 is 0 Å². The molecular weight excluding hydrogens is 428 g/mol. The van der Waals surface area contributed by atoms with Gasteiger partial charge in [0.15, 0.2) is 17.0 Å². The van der Waals surface area contributed by atoms with E-state index < -0.39 is 52.3 Å². The van der Waals surface area contributed by atoms with Gasteiger partial charge in [-0.25, -0.2) is 4.79 Å². The van der Waals surface area contributed by atoms with Crippen LogP contribution in [0.15, 0.2) is 23.3 Å². The van der Waals surface area contributed by atoms with Gasteiger partial charge in [-0.3, -0.25) is 4.79 Å². The third-order valence-electron chi connectivity index (χ3n) is 8.83. The summed E-state index contributed by atoms with van der Waals surface area (Å²) in [6, 6.07) is 0. The van der Waals surface area contributed by atoms with Crippen LogP contribution in [0.2, 0.25) is 0 Å². The molecule has 33 heavy (non-hydrogen) atoms. The van der Waals surface area contributed by atoms with E-state index in [1.807, 2.05) is 13.8 Å². The van der Waals surface area contributed by atoms with Crippen molar-refractivity contribution < 1.29 is 39.5 Å². The average molecular weight is 465 g/mol. The van der Waals surface area contributed by atoms with Crippen molar-refractivity contribution >= 4 is 11.8 Å². The standard InChI is InChI=1S/C25H36O8/c1-13-11-23(29)24(30,20-14(2)6-7-18(20)17(5)25(23,31)32-12-13)21(27)15(3)8-9-22(28)16(4)10-19(26)33-22/h10-11,14-15,17-18,20,28-31H,6-9,12H2,1-5H3/t14-,15+,17-,18-,20+,22+,23-,24-,25-/m1/s1. The third-order valence-corrected chi connectivity index (χ3v) is 8.83. The number of ether oxygens (including phenoxy) is 2. The monoisotopic (exact) mass is 464 g/mol. The zero-order valence-corrected chi connectivity index (χ0v) is 20.0. The minimum absolute atomic E-state index is 0.0296. The summed E-state index contributed by atoms with van der Waals surface area (Å²) in [7, 11) is 0. The van der Waals surface area contributed by atoms with Crippen LogP contribution in [0, 0.1) is 29.6 Å². The molecule has 4 rings (SSSR count). The summed E-state index contributed by atoms with van der Waals surface area (Å²) >= 11 is 0. The highest BCUT2D eigenvalue weighted by Gasteiger charge is 2.77. The minimum atomic E-state index is -2.32. The van der Waals surface area contributed by atoms with Crippen LogP contribution in [0.5, 0.6) is 0 Å². The molecule has 0 aromatic heterocycles. The van der Waals surface area contributed by atoms with Gasteiger partial charge in [-0.05, 0) is 50.2 Å². The van der Waals surface area contributed by atoms with Gasteiger partial charge >= 0.3 is 5.97 Å². The molecule has 2 saturated carbocycles. The Morgan fingerprint density at radius 2 is 1.85 bits per heavy atom. The first-order valence-electron chi connectivity index (χ1n) is 11.9. The van der Waals surface area contributed by atoms with Crippen LogP contribution >= 0.6 is 0 Å². The molecule has 9 atom stereocenters. The predicted octanol–water partition coefficient (Wildman–Crippen LogP) is 1.60. The minimum Gasteiger partial charge on any atom is -0.426 e. The number of rotatable bonds is 5. The molecule has 0 saturated heterocycles. The van der Waals surface area contributed by atoms with E-state index in [9.17, 15) is 30.0 Å². The summed E-state index contributed by atoms with van der Waals surface area (Å²) in [6.45, 7) is 8.79. The molecule has 2 aliphatic carbocycles. The van der Waals surface area contributed by atoms with Gasteiger partial charge in [0.25, 0.3) is 0 Å². The van der Waals surface area contributed by atoms with Crippen LogP contribution in [0.1, 0.15) is 60.3 Å². The van der Waals surface area contributed by atoms with Crippen LogP contribution in [0.25, 0.3) is 0 Å². The molecule has 0 radical (unpaired) electrons. The van der Waals surface area contributed by atoms with Gasteiger partial charge in [-0.1, -0.05) is 27.2 Å². The number of Topliss-reactive ketones (excluding diaryl/α,β-unsaturated/α-hetero) is 1. The second-order valence-corrected chi connectivity index (χ2v) is 10.9. The number of esters is 1. The maximum atomic E-state index is 14.0. The van der Waals surface area contributed by atoms with E-state index in [1.54, 1.807) is 20.8 Å². The fourth-order valence-electron chi connectivity index (χ4n) is 6.85. The lowest BCUT2D eigenvalue weighted by atomic mass is 9.51. The molecule has 0 unspecified atom stereocenters. The van der Waals surface area contributed by atoms with E-state index in [1.165, 1.54) is 12.2 Å². The molecular formula is C25H36O8. The van der Waals surface area contributed by atoms with Crippen molar-refractivity contribution in [3.8, 4) is 0 Å². The Hall–Kier alpha value is -1.58. The maximum absolute atomic E-state index is 14.0. The van der Waals surface area contributed by atoms with Crippen LogP contribution in [-0.4, -0.2) is 61.6 Å². The molecule has 0 bridgehead atoms. The zero-order valence-electron chi connectivity index (χ0n) is 20.0. The summed E-state index contributed by atoms with van der Waals surface area (Å²) < 4.78 is 10.8. The van der Waals surface area contributed by atoms with Gasteiger partial charge < -0.3 is 29.9 Å². The van der Waals surface area contributed by atoms with Gasteiger partial charge in [0.05, 0.1) is 6.61 Å². The Kier molecular flexibility index (Phi) is 5.74. The lowest BCUT2D eigenvalue weighted by molar-refractivity contribution is -0.381. The Balaban J connectivity index is 1.71. The normalized spacial score (nSPS) is 47.8. The summed E-state index contributed by atoms with van der Waals surface area (Å²) in [5.74, 6) is -7.25. The predicted molar refractivity (Wildman–Crippen MR) is 117 cm³/mol. The van der Waals surface area contributed by atoms with Crippen molar-refractivity contribution in [1.29, 1.82) is 0 Å². The van der Waals surface area contributed by atoms with Crippen LogP contribution in [0.4, 0.5) is 0 Å². The molecule has 4 aliphatic rings. The summed E-state index contributed by atoms with van der Waals surface area (Å²) in [5.41, 5.74) is -3.63. The van der Waals surface area contributed by atoms with Gasteiger partial charge in [-0.15, -0.1) is 0 Å². The van der Waals surface area contributed by atoms with Crippen molar-refractivity contribution in [2.24, 2.45) is 29.6 Å². The average Bonchev–Trinajstić information content (AvgIpc) is 3.25. The van der Waals surface area contributed by atoms with Crippen LogP contribution < -0.4 is 0 Å². The van der Waals surface area contributed by atoms with Gasteiger partial charge in [0.1, 0.15) is 0 Å². The van der Waals surface area contributed by atoms with Crippen LogP contribution in [-0.2, 0) is 19.1 Å². The number of carbonyl (C=O) groups excluding carboxylic acids is 2. The number of fused-ring (bicyclic) bond motifs is 2. The van der Waals surface area contributed by atoms with Gasteiger partial charge in [-0.2, -0.15) is 0 Å². The van der Waals surface area contributed by atoms with Crippen molar-refractivity contribution in [2.75, 3.05) is 6.61 Å². The van der Waals surface area contributed by atoms with Gasteiger partial charge in [0, 0.05) is 35.8 Å². The zero-order chi connectivity index (χ0) is 24.6. The van der Waals surface area contributed by atoms with Crippen molar-refractivity contribution in [2.45, 2.75) is 83.1 Å². The molecule has 8 nitrogen and oxygen atoms in total. The van der Waals surface area contributed by atoms with Crippen molar-refractivity contribution in [1.82, 2.24) is 0 Å². The SMILES string of the molecule is CC1=C[C@]2(O)[C@](O)(OC1)[C@H](C)[C@H]1CC[C@@H](C)[C@@H]1[C@@]2(O)C(=O)[C@@H](C)CC[C@]1(O)OC(=O)C=C1C. The van der Waals surface area contributed by atoms with Crippen molar-refractivity contribution in [3.05, 3.63) is 23.3 Å². The first-order valence-corrected chi connectivity index (χ1v) is 11.9. The summed E-state index contributed by atoms with van der Waals surface area (Å²) in [4.78, 5) is 25.5. The van der Waals surface area contributed by atoms with E-state index in [2.05, 4.69) is 0 Å². The molecule has 0 spiro atoms. The topological polar surface area (TPSA) is 134 Å². The Bertz CT molecular complexity index is 925. The number of aliphatic hydroxyl groups is 4. The largest absolute Gasteiger partial charge is 0.426 e. The van der Waals surface area contributed by atoms with E-state index in [0.29, 0.717) is 17.6 Å². The molecule has 4 N–H and O–H groups in total. The second-order valence-electron chi connectivity index (χ2n) is 10.9. The van der Waals surface area contributed by atoms with Crippen molar-refractivity contribution in [3.63, 3.8) is 0 Å². The Morgan fingerprint density at radius 1 is 1.18 bits per heavy atom. The number of hydrogen-bond acceptors (Lipinski definition) is 8. The smallest absolute Gasteiger partial charge is 0.333 e. The molecule has 2 heterocycles. The lowest BCUT2D eigenvalue weighted by Crippen LogP contribution is -2.81. The number of ketones is 1. The highest BCUT2D eigenvalue weighted by atomic mass is 16.7. The summed E-state index contributed by atoms with van der Waals surface area (Å²) in [5, 5.41) is 46.4. The maximum Gasteiger partial charge on any atom is 0.333 e. The number of carbonyl (C=O) groups is 2. The Morgan fingerprint density at radius 3 is 2.45 bits per heavy atom. The molecule has 8 heteroatoms. The molecule has 184 valence electrons. The van der Waals surface area contributed by atoms with E-state index in [0.717, 1.165) is 6.42 Å². The second kappa shape index (κ2) is 7.71. The molecule has 2 aliphatic heterocycles. The first-order chi connectivity index (χ1) is 15.2. The summed E-state index contributed by atoms with van der Waals surface area (Å²) in [6.07, 6.45) is 4.16. The molecule has 2 fully saturated rings. The Labute approximate surface area is 194 Å². The highest BCUT2D eigenvalue weighted by Crippen LogP contribution is 2.62. The molecule has 0 amide bonds. The van der Waals surface area contributed by atoms with Gasteiger partial charge in [0.2, 0.25) is 11.6 Å². The molecule has 0 aromatic rings. The highest BCUT2D eigenvalue weighted by molar-refractivity contribution is 5.92. The fraction of sp³-hybridized carbons (Fsp3) is 0.760. The number of cyclic esters (lactones) is 1. The third kappa shape index (κ3) is 3.22. The van der Waals surface area contributed by atoms with Crippen LogP contribution in [0.3, 0.4) is 0 Å². The quantitative estimate of drug-likeness (QED) is 0.356.